The van der Waals surface area contributed by atoms with Gasteiger partial charge in [0.25, 0.3) is 0 Å². The zero-order valence-corrected chi connectivity index (χ0v) is 24.7. The minimum atomic E-state index is -3.38. The second-order valence-electron chi connectivity index (χ2n) is 11.6. The number of nitrogens with zero attached hydrogens (tertiary/aromatic N) is 3. The van der Waals surface area contributed by atoms with E-state index in [1.165, 1.54) is 11.1 Å². The van der Waals surface area contributed by atoms with Gasteiger partial charge in [-0.15, -0.1) is 0 Å². The molecule has 2 aromatic heterocycles. The van der Waals surface area contributed by atoms with E-state index >= 15 is 0 Å². The van der Waals surface area contributed by atoms with Gasteiger partial charge in [0.15, 0.2) is 0 Å². The maximum Gasteiger partial charge on any atom is 0.229 e. The first-order chi connectivity index (χ1) is 20.2. The van der Waals surface area contributed by atoms with Crippen molar-refractivity contribution in [3.8, 4) is 22.4 Å². The zero-order valence-electron chi connectivity index (χ0n) is 23.8. The predicted octanol–water partition coefficient (Wildman–Crippen LogP) is 6.69. The van der Waals surface area contributed by atoms with Gasteiger partial charge in [0.2, 0.25) is 10.0 Å². The molecule has 0 aliphatic heterocycles. The molecule has 1 N–H and O–H groups in total. The van der Waals surface area contributed by atoms with Crippen LogP contribution in [0.2, 0.25) is 0 Å². The fourth-order valence-corrected chi connectivity index (χ4v) is 7.88. The first-order valence-corrected chi connectivity index (χ1v) is 16.2. The summed E-state index contributed by atoms with van der Waals surface area (Å²) in [5.74, 6) is 2.26. The molecule has 8 heteroatoms. The van der Waals surface area contributed by atoms with Crippen molar-refractivity contribution >= 4 is 15.7 Å². The number of fused-ring (bicyclic) bond motifs is 4. The minimum Gasteiger partial charge on any atom is -0.361 e. The lowest BCUT2D eigenvalue weighted by Gasteiger charge is -2.50. The number of benzene rings is 3. The molecule has 0 radical (unpaired) electrons. The Bertz CT molecular complexity index is 1920. The molecule has 0 saturated carbocycles. The van der Waals surface area contributed by atoms with Crippen molar-refractivity contribution in [2.24, 2.45) is 5.92 Å². The normalized spacial score (nSPS) is 21.2. The first kappa shape index (κ1) is 26.6. The van der Waals surface area contributed by atoms with Gasteiger partial charge in [-0.05, 0) is 67.0 Å². The van der Waals surface area contributed by atoms with Crippen LogP contribution >= 0.6 is 0 Å². The van der Waals surface area contributed by atoms with Crippen LogP contribution in [0.25, 0.3) is 22.4 Å². The summed E-state index contributed by atoms with van der Waals surface area (Å²) in [5.41, 5.74) is 8.82. The maximum atomic E-state index is 11.8. The van der Waals surface area contributed by atoms with E-state index in [1.807, 2.05) is 43.5 Å². The highest BCUT2D eigenvalue weighted by Gasteiger charge is 2.54. The van der Waals surface area contributed by atoms with Crippen LogP contribution in [0.4, 0.5) is 5.69 Å². The fraction of sp³-hybridized carbons (Fsp3) is 0.265. The van der Waals surface area contributed by atoms with Crippen molar-refractivity contribution in [1.82, 2.24) is 15.1 Å². The van der Waals surface area contributed by atoms with Crippen LogP contribution in [0.1, 0.15) is 53.2 Å². The fourth-order valence-electron chi connectivity index (χ4n) is 7.33. The molecule has 2 aliphatic rings. The molecule has 2 aliphatic carbocycles. The van der Waals surface area contributed by atoms with Gasteiger partial charge >= 0.3 is 0 Å². The largest absolute Gasteiger partial charge is 0.361 e. The Balaban J connectivity index is 1.39. The number of hydrogen-bond acceptors (Lipinski definition) is 6. The third kappa shape index (κ3) is 4.41. The van der Waals surface area contributed by atoms with Crippen LogP contribution in [0.5, 0.6) is 0 Å². The molecule has 0 saturated heterocycles. The number of rotatable bonds is 5. The number of hydrogen-bond donors (Lipinski definition) is 1. The van der Waals surface area contributed by atoms with E-state index in [2.05, 4.69) is 59.3 Å². The van der Waals surface area contributed by atoms with E-state index in [4.69, 9.17) is 14.5 Å². The Hall–Kier alpha value is -4.30. The van der Waals surface area contributed by atoms with Crippen LogP contribution in [-0.2, 0) is 28.3 Å². The molecule has 2 heterocycles. The quantitative estimate of drug-likeness (QED) is 0.250. The summed E-state index contributed by atoms with van der Waals surface area (Å²) in [7, 11) is -3.38. The van der Waals surface area contributed by atoms with Gasteiger partial charge in [-0.3, -0.25) is 4.72 Å². The van der Waals surface area contributed by atoms with E-state index in [-0.39, 0.29) is 11.3 Å². The second-order valence-corrected chi connectivity index (χ2v) is 13.4. The summed E-state index contributed by atoms with van der Waals surface area (Å²) in [6.45, 7) is 4.25. The Kier molecular flexibility index (Phi) is 6.27. The molecule has 0 amide bonds. The standard InChI is InChI=1S/C34H32N4O3S/c1-21-30-16-15-29-31(25-11-7-9-23(17-25)24-10-8-14-28(18-24)38-42(3,39)40)36-22(2)37-33(29)34(30,27-12-5-4-6-13-27)19-26-20-35-41-32(21)26/h4-14,17-18,20-21,30,38H,15-16,19H2,1-3H3/t21-,30-,34+/m0/s1. The van der Waals surface area contributed by atoms with Crippen molar-refractivity contribution in [2.75, 3.05) is 11.0 Å². The molecule has 3 aromatic carbocycles. The van der Waals surface area contributed by atoms with Crippen LogP contribution in [0, 0.1) is 12.8 Å². The van der Waals surface area contributed by atoms with Crippen molar-refractivity contribution < 1.29 is 12.9 Å². The molecule has 212 valence electrons. The summed E-state index contributed by atoms with van der Waals surface area (Å²) < 4.78 is 32.0. The topological polar surface area (TPSA) is 98.0 Å². The summed E-state index contributed by atoms with van der Waals surface area (Å²) in [5, 5.41) is 4.19. The number of aromatic nitrogens is 3. The van der Waals surface area contributed by atoms with E-state index < -0.39 is 10.0 Å². The smallest absolute Gasteiger partial charge is 0.229 e. The Morgan fingerprint density at radius 1 is 0.929 bits per heavy atom. The Morgan fingerprint density at radius 2 is 1.67 bits per heavy atom. The molecule has 7 nitrogen and oxygen atoms in total. The minimum absolute atomic E-state index is 0.208. The molecule has 5 aromatic rings. The van der Waals surface area contributed by atoms with Crippen molar-refractivity contribution in [3.63, 3.8) is 0 Å². The van der Waals surface area contributed by atoms with E-state index in [1.54, 1.807) is 6.07 Å². The highest BCUT2D eigenvalue weighted by molar-refractivity contribution is 7.92. The van der Waals surface area contributed by atoms with Gasteiger partial charge in [0.05, 0.1) is 23.8 Å². The highest BCUT2D eigenvalue weighted by atomic mass is 32.2. The van der Waals surface area contributed by atoms with Gasteiger partial charge in [-0.1, -0.05) is 72.7 Å². The SMILES string of the molecule is Cc1nc(-c2cccc(-c3cccc(NS(C)(=O)=O)c3)c2)c2c(n1)[C@@]1(c3ccccc3)Cc3cnoc3[C@@H](C)[C@@H]1CC2. The van der Waals surface area contributed by atoms with Crippen molar-refractivity contribution in [1.29, 1.82) is 0 Å². The van der Waals surface area contributed by atoms with E-state index in [9.17, 15) is 8.42 Å². The van der Waals surface area contributed by atoms with Crippen LogP contribution in [0.3, 0.4) is 0 Å². The third-order valence-corrected chi connectivity index (χ3v) is 9.57. The van der Waals surface area contributed by atoms with Gasteiger partial charge in [0.1, 0.15) is 11.6 Å². The maximum absolute atomic E-state index is 11.8. The van der Waals surface area contributed by atoms with Crippen molar-refractivity contribution in [3.05, 3.63) is 119 Å². The number of nitrogens with one attached hydrogen (secondary N) is 1. The monoisotopic (exact) mass is 576 g/mol. The lowest BCUT2D eigenvalue weighted by Crippen LogP contribution is -2.48. The Morgan fingerprint density at radius 3 is 2.45 bits per heavy atom. The molecule has 0 bridgehead atoms. The lowest BCUT2D eigenvalue weighted by atomic mass is 9.53. The lowest BCUT2D eigenvalue weighted by molar-refractivity contribution is 0.188. The summed E-state index contributed by atoms with van der Waals surface area (Å²) in [4.78, 5) is 10.3. The summed E-state index contributed by atoms with van der Waals surface area (Å²) in [6.07, 6.45) is 5.68. The van der Waals surface area contributed by atoms with Crippen LogP contribution in [0.15, 0.2) is 89.6 Å². The molecular formula is C34H32N4O3S. The van der Waals surface area contributed by atoms with Gasteiger partial charge < -0.3 is 4.52 Å². The van der Waals surface area contributed by atoms with E-state index in [0.29, 0.717) is 11.6 Å². The van der Waals surface area contributed by atoms with Gasteiger partial charge in [-0.25, -0.2) is 18.4 Å². The summed E-state index contributed by atoms with van der Waals surface area (Å²) in [6, 6.07) is 26.6. The molecule has 42 heavy (non-hydrogen) atoms. The number of sulfonamides is 1. The third-order valence-electron chi connectivity index (χ3n) is 8.97. The van der Waals surface area contributed by atoms with Gasteiger partial charge in [0, 0.05) is 33.7 Å². The van der Waals surface area contributed by atoms with E-state index in [0.717, 1.165) is 70.7 Å². The summed E-state index contributed by atoms with van der Waals surface area (Å²) >= 11 is 0. The Labute approximate surface area is 246 Å². The molecular weight excluding hydrogens is 544 g/mol. The molecule has 7 rings (SSSR count). The van der Waals surface area contributed by atoms with Crippen LogP contribution in [-0.4, -0.2) is 29.8 Å². The van der Waals surface area contributed by atoms with Crippen LogP contribution < -0.4 is 4.72 Å². The van der Waals surface area contributed by atoms with Gasteiger partial charge in [-0.2, -0.15) is 0 Å². The molecule has 0 spiro atoms. The zero-order chi connectivity index (χ0) is 29.1. The predicted molar refractivity (Wildman–Crippen MR) is 164 cm³/mol. The average Bonchev–Trinajstić information content (AvgIpc) is 3.45. The number of anilines is 1. The van der Waals surface area contributed by atoms with Crippen molar-refractivity contribution in [2.45, 2.75) is 44.4 Å². The highest BCUT2D eigenvalue weighted by Crippen LogP contribution is 2.57. The second kappa shape index (κ2) is 9.91. The first-order valence-electron chi connectivity index (χ1n) is 14.3. The molecule has 3 atom stereocenters. The molecule has 0 fully saturated rings. The molecule has 0 unspecified atom stereocenters. The number of aryl methyl sites for hydroxylation is 1. The average molecular weight is 577 g/mol.